The highest BCUT2D eigenvalue weighted by molar-refractivity contribution is 5.76. The van der Waals surface area contributed by atoms with Crippen LogP contribution in [0.2, 0.25) is 0 Å². The first-order valence-corrected chi connectivity index (χ1v) is 5.66. The normalized spacial score (nSPS) is 10.3. The fourth-order valence-electron chi connectivity index (χ4n) is 1.73. The number of rotatable bonds is 4. The molecule has 0 fully saturated rings. The van der Waals surface area contributed by atoms with Gasteiger partial charge in [0, 0.05) is 13.0 Å². The Kier molecular flexibility index (Phi) is 3.57. The van der Waals surface area contributed by atoms with Gasteiger partial charge < -0.3 is 5.11 Å². The Hall–Kier alpha value is -2.37. The second-order valence-electron chi connectivity index (χ2n) is 3.75. The summed E-state index contributed by atoms with van der Waals surface area (Å²) in [6, 6.07) is 9.74. The molecule has 1 heterocycles. The molecule has 2 aromatic rings. The van der Waals surface area contributed by atoms with Crippen molar-refractivity contribution in [2.24, 2.45) is 0 Å². The summed E-state index contributed by atoms with van der Waals surface area (Å²) in [6.45, 7) is 2.11. The van der Waals surface area contributed by atoms with Crippen LogP contribution >= 0.6 is 0 Å². The average molecular weight is 246 g/mol. The summed E-state index contributed by atoms with van der Waals surface area (Å²) in [5, 5.41) is 18.0. The van der Waals surface area contributed by atoms with Crippen LogP contribution in [0.1, 0.15) is 18.3 Å². The lowest BCUT2D eigenvalue weighted by Crippen LogP contribution is -2.39. The fraction of sp³-hybridized carbons (Fsp3) is 0.250. The van der Waals surface area contributed by atoms with Gasteiger partial charge in [-0.1, -0.05) is 30.3 Å². The van der Waals surface area contributed by atoms with Crippen LogP contribution < -0.4 is 5.01 Å². The molecule has 0 saturated carbocycles. The SMILES string of the molecule is CCN(C(=O)O)n1cnnc1Cc1ccccc1. The van der Waals surface area contributed by atoms with Crippen LogP contribution in [0.3, 0.4) is 0 Å². The second-order valence-corrected chi connectivity index (χ2v) is 3.75. The summed E-state index contributed by atoms with van der Waals surface area (Å²) in [6.07, 6.45) is 0.937. The number of hydrogen-bond donors (Lipinski definition) is 1. The van der Waals surface area contributed by atoms with E-state index in [4.69, 9.17) is 5.11 Å². The van der Waals surface area contributed by atoms with Gasteiger partial charge in [0.2, 0.25) is 0 Å². The summed E-state index contributed by atoms with van der Waals surface area (Å²) in [4.78, 5) is 11.1. The van der Waals surface area contributed by atoms with Crippen LogP contribution in [0, 0.1) is 0 Å². The molecule has 0 spiro atoms. The van der Waals surface area contributed by atoms with Crippen molar-refractivity contribution in [2.75, 3.05) is 11.6 Å². The van der Waals surface area contributed by atoms with Crippen molar-refractivity contribution in [1.29, 1.82) is 0 Å². The minimum atomic E-state index is -1.02. The minimum absolute atomic E-state index is 0.342. The second kappa shape index (κ2) is 5.31. The van der Waals surface area contributed by atoms with Gasteiger partial charge in [-0.3, -0.25) is 0 Å². The molecule has 0 aliphatic carbocycles. The molecule has 1 N–H and O–H groups in total. The van der Waals surface area contributed by atoms with Crippen LogP contribution in [0.25, 0.3) is 0 Å². The van der Waals surface area contributed by atoms with Gasteiger partial charge in [-0.15, -0.1) is 10.2 Å². The van der Waals surface area contributed by atoms with Gasteiger partial charge in [-0.25, -0.2) is 14.5 Å². The van der Waals surface area contributed by atoms with Crippen molar-refractivity contribution in [2.45, 2.75) is 13.3 Å². The number of amides is 1. The number of benzene rings is 1. The van der Waals surface area contributed by atoms with Gasteiger partial charge in [0.15, 0.2) is 5.82 Å². The first-order valence-electron chi connectivity index (χ1n) is 5.66. The van der Waals surface area contributed by atoms with Gasteiger partial charge in [-0.05, 0) is 12.5 Å². The van der Waals surface area contributed by atoms with Crippen LogP contribution in [-0.2, 0) is 6.42 Å². The maximum Gasteiger partial charge on any atom is 0.426 e. The largest absolute Gasteiger partial charge is 0.464 e. The average Bonchev–Trinajstić information content (AvgIpc) is 2.79. The monoisotopic (exact) mass is 246 g/mol. The van der Waals surface area contributed by atoms with E-state index in [1.165, 1.54) is 11.0 Å². The predicted molar refractivity (Wildman–Crippen MR) is 66.1 cm³/mol. The number of carbonyl (C=O) groups is 1. The first-order chi connectivity index (χ1) is 8.72. The maximum atomic E-state index is 11.1. The molecule has 2 rings (SSSR count). The fourth-order valence-corrected chi connectivity index (χ4v) is 1.73. The minimum Gasteiger partial charge on any atom is -0.464 e. The maximum absolute atomic E-state index is 11.1. The number of nitrogens with zero attached hydrogens (tertiary/aromatic N) is 4. The highest BCUT2D eigenvalue weighted by Crippen LogP contribution is 2.07. The lowest BCUT2D eigenvalue weighted by Gasteiger charge is -2.19. The van der Waals surface area contributed by atoms with Crippen molar-refractivity contribution in [3.8, 4) is 0 Å². The van der Waals surface area contributed by atoms with Crippen LogP contribution in [-0.4, -0.2) is 32.6 Å². The number of carboxylic acid groups (broad SMARTS) is 1. The predicted octanol–water partition coefficient (Wildman–Crippen LogP) is 1.50. The molecule has 94 valence electrons. The van der Waals surface area contributed by atoms with Gasteiger partial charge in [0.05, 0.1) is 0 Å². The third kappa shape index (κ3) is 2.48. The molecule has 0 aliphatic heterocycles. The lowest BCUT2D eigenvalue weighted by molar-refractivity contribution is 0.194. The van der Waals surface area contributed by atoms with Crippen LogP contribution in [0.15, 0.2) is 36.7 Å². The van der Waals surface area contributed by atoms with E-state index in [-0.39, 0.29) is 0 Å². The molecule has 1 aromatic carbocycles. The smallest absolute Gasteiger partial charge is 0.426 e. The van der Waals surface area contributed by atoms with E-state index in [1.807, 2.05) is 30.3 Å². The zero-order valence-corrected chi connectivity index (χ0v) is 10.0. The molecule has 1 amide bonds. The molecule has 0 aliphatic rings. The summed E-state index contributed by atoms with van der Waals surface area (Å²) in [7, 11) is 0. The molecular formula is C12H14N4O2. The van der Waals surface area contributed by atoms with E-state index < -0.39 is 6.09 Å². The van der Waals surface area contributed by atoms with Crippen molar-refractivity contribution < 1.29 is 9.90 Å². The van der Waals surface area contributed by atoms with Gasteiger partial charge >= 0.3 is 6.09 Å². The third-order valence-electron chi connectivity index (χ3n) is 2.58. The van der Waals surface area contributed by atoms with Crippen molar-refractivity contribution in [3.63, 3.8) is 0 Å². The van der Waals surface area contributed by atoms with Crippen molar-refractivity contribution in [1.82, 2.24) is 14.9 Å². The Morgan fingerprint density at radius 1 is 1.39 bits per heavy atom. The lowest BCUT2D eigenvalue weighted by atomic mass is 10.1. The van der Waals surface area contributed by atoms with E-state index >= 15 is 0 Å². The quantitative estimate of drug-likeness (QED) is 0.887. The summed E-state index contributed by atoms with van der Waals surface area (Å²) in [5.74, 6) is 0.602. The molecule has 1 aromatic heterocycles. The Morgan fingerprint density at radius 2 is 2.11 bits per heavy atom. The Bertz CT molecular complexity index is 524. The Balaban J connectivity index is 2.25. The summed E-state index contributed by atoms with van der Waals surface area (Å²) in [5.41, 5.74) is 1.06. The van der Waals surface area contributed by atoms with E-state index in [9.17, 15) is 4.79 Å². The van der Waals surface area contributed by atoms with Crippen LogP contribution in [0.5, 0.6) is 0 Å². The molecule has 0 unspecified atom stereocenters. The Labute approximate surface area is 104 Å². The summed E-state index contributed by atoms with van der Waals surface area (Å²) >= 11 is 0. The van der Waals surface area contributed by atoms with E-state index in [2.05, 4.69) is 10.2 Å². The molecule has 6 heteroatoms. The zero-order valence-electron chi connectivity index (χ0n) is 10.0. The molecule has 18 heavy (non-hydrogen) atoms. The number of aromatic nitrogens is 3. The van der Waals surface area contributed by atoms with Crippen LogP contribution in [0.4, 0.5) is 4.79 Å². The molecule has 0 radical (unpaired) electrons. The van der Waals surface area contributed by atoms with Gasteiger partial charge in [-0.2, -0.15) is 0 Å². The summed E-state index contributed by atoms with van der Waals surface area (Å²) < 4.78 is 1.47. The topological polar surface area (TPSA) is 71.2 Å². The van der Waals surface area contributed by atoms with Crippen molar-refractivity contribution >= 4 is 6.09 Å². The number of hydrogen-bond acceptors (Lipinski definition) is 3. The molecule has 6 nitrogen and oxygen atoms in total. The van der Waals surface area contributed by atoms with Gasteiger partial charge in [0.25, 0.3) is 0 Å². The molecule has 0 bridgehead atoms. The highest BCUT2D eigenvalue weighted by atomic mass is 16.4. The zero-order chi connectivity index (χ0) is 13.0. The standard InChI is InChI=1S/C12H14N4O2/c1-2-15(12(17)18)16-9-13-14-11(16)8-10-6-4-3-5-7-10/h3-7,9H,2,8H2,1H3,(H,17,18). The van der Waals surface area contributed by atoms with Crippen molar-refractivity contribution in [3.05, 3.63) is 48.0 Å². The first kappa shape index (κ1) is 12.1. The van der Waals surface area contributed by atoms with Gasteiger partial charge in [0.1, 0.15) is 6.33 Å². The molecule has 0 atom stereocenters. The molecule has 0 saturated heterocycles. The van der Waals surface area contributed by atoms with E-state index in [1.54, 1.807) is 6.92 Å². The highest BCUT2D eigenvalue weighted by Gasteiger charge is 2.16. The molecular weight excluding hydrogens is 232 g/mol. The van der Waals surface area contributed by atoms with E-state index in [0.717, 1.165) is 10.6 Å². The third-order valence-corrected chi connectivity index (χ3v) is 2.58. The Morgan fingerprint density at radius 3 is 2.72 bits per heavy atom. The van der Waals surface area contributed by atoms with E-state index in [0.29, 0.717) is 18.8 Å².